The number of hydrogen-bond donors (Lipinski definition) is 0. The Hall–Kier alpha value is -0.510. The van der Waals surface area contributed by atoms with Crippen LogP contribution in [0, 0.1) is 23.7 Å². The molecule has 1 heteroatoms. The second-order valence-corrected chi connectivity index (χ2v) is 4.76. The summed E-state index contributed by atoms with van der Waals surface area (Å²) in [6.45, 7) is 4.51. The van der Waals surface area contributed by atoms with Crippen molar-refractivity contribution in [1.82, 2.24) is 0 Å². The highest BCUT2D eigenvalue weighted by atomic mass is 19.1. The molecule has 0 radical (unpaired) electrons. The molecule has 0 bridgehead atoms. The Morgan fingerprint density at radius 3 is 2.86 bits per heavy atom. The molecule has 14 heavy (non-hydrogen) atoms. The topological polar surface area (TPSA) is 0 Å². The van der Waals surface area contributed by atoms with E-state index in [0.29, 0.717) is 6.42 Å². The summed E-state index contributed by atoms with van der Waals surface area (Å²) in [6, 6.07) is 0. The van der Waals surface area contributed by atoms with Crippen LogP contribution < -0.4 is 0 Å². The molecule has 1 aliphatic rings. The van der Waals surface area contributed by atoms with Crippen LogP contribution in [0.25, 0.3) is 0 Å². The molecule has 0 amide bonds. The minimum Gasteiger partial charge on any atom is -0.233 e. The van der Waals surface area contributed by atoms with Gasteiger partial charge in [-0.2, -0.15) is 0 Å². The SMILES string of the molecule is CC(C)CCC1CC#CC(F)CCC1. The van der Waals surface area contributed by atoms with Crippen LogP contribution in [0.1, 0.15) is 52.4 Å². The Morgan fingerprint density at radius 1 is 1.36 bits per heavy atom. The highest BCUT2D eigenvalue weighted by Crippen LogP contribution is 2.23. The summed E-state index contributed by atoms with van der Waals surface area (Å²) in [5.74, 6) is 7.17. The quantitative estimate of drug-likeness (QED) is 0.599. The van der Waals surface area contributed by atoms with Crippen LogP contribution in [0.2, 0.25) is 0 Å². The predicted molar refractivity (Wildman–Crippen MR) is 58.7 cm³/mol. The highest BCUT2D eigenvalue weighted by Gasteiger charge is 2.12. The van der Waals surface area contributed by atoms with E-state index >= 15 is 0 Å². The van der Waals surface area contributed by atoms with Crippen LogP contribution in [0.4, 0.5) is 4.39 Å². The Bertz CT molecular complexity index is 209. The van der Waals surface area contributed by atoms with Crippen molar-refractivity contribution in [1.29, 1.82) is 0 Å². The summed E-state index contributed by atoms with van der Waals surface area (Å²) in [6.07, 6.45) is 5.43. The Balaban J connectivity index is 2.31. The lowest BCUT2D eigenvalue weighted by Gasteiger charge is -2.17. The fourth-order valence-corrected chi connectivity index (χ4v) is 1.89. The van der Waals surface area contributed by atoms with Crippen molar-refractivity contribution >= 4 is 0 Å². The van der Waals surface area contributed by atoms with Crippen LogP contribution in [0.3, 0.4) is 0 Å². The summed E-state index contributed by atoms with van der Waals surface area (Å²) < 4.78 is 12.9. The summed E-state index contributed by atoms with van der Waals surface area (Å²) in [7, 11) is 0. The van der Waals surface area contributed by atoms with E-state index in [9.17, 15) is 4.39 Å². The van der Waals surface area contributed by atoms with Crippen LogP contribution in [-0.2, 0) is 0 Å². The van der Waals surface area contributed by atoms with Gasteiger partial charge in [-0.25, -0.2) is 4.39 Å². The highest BCUT2D eigenvalue weighted by molar-refractivity contribution is 5.06. The number of halogens is 1. The molecule has 0 fully saturated rings. The maximum Gasteiger partial charge on any atom is 0.160 e. The van der Waals surface area contributed by atoms with Crippen molar-refractivity contribution < 1.29 is 4.39 Å². The van der Waals surface area contributed by atoms with E-state index in [0.717, 1.165) is 24.7 Å². The lowest BCUT2D eigenvalue weighted by atomic mass is 9.89. The molecule has 0 spiro atoms. The molecule has 0 heterocycles. The van der Waals surface area contributed by atoms with Crippen LogP contribution in [0.5, 0.6) is 0 Å². The van der Waals surface area contributed by atoms with Crippen LogP contribution in [-0.4, -0.2) is 6.17 Å². The van der Waals surface area contributed by atoms with Gasteiger partial charge in [0, 0.05) is 6.42 Å². The average molecular weight is 196 g/mol. The first-order valence-corrected chi connectivity index (χ1v) is 5.81. The van der Waals surface area contributed by atoms with Gasteiger partial charge in [0.2, 0.25) is 0 Å². The third-order valence-corrected chi connectivity index (χ3v) is 2.87. The molecule has 0 aromatic carbocycles. The van der Waals surface area contributed by atoms with Crippen molar-refractivity contribution in [3.05, 3.63) is 0 Å². The summed E-state index contributed by atoms with van der Waals surface area (Å²) in [4.78, 5) is 0. The van der Waals surface area contributed by atoms with E-state index in [2.05, 4.69) is 25.7 Å². The largest absolute Gasteiger partial charge is 0.233 e. The zero-order chi connectivity index (χ0) is 10.4. The summed E-state index contributed by atoms with van der Waals surface area (Å²) in [5, 5.41) is 0. The second kappa shape index (κ2) is 6.06. The van der Waals surface area contributed by atoms with Gasteiger partial charge in [-0.05, 0) is 37.5 Å². The van der Waals surface area contributed by atoms with Gasteiger partial charge in [-0.1, -0.05) is 32.1 Å². The van der Waals surface area contributed by atoms with Gasteiger partial charge in [0.1, 0.15) is 0 Å². The second-order valence-electron chi connectivity index (χ2n) is 4.76. The van der Waals surface area contributed by atoms with E-state index in [1.54, 1.807) is 0 Å². The van der Waals surface area contributed by atoms with Gasteiger partial charge < -0.3 is 0 Å². The molecule has 80 valence electrons. The van der Waals surface area contributed by atoms with E-state index in [-0.39, 0.29) is 0 Å². The standard InChI is InChI=1S/C13H21F/c1-11(2)9-10-12-5-3-7-13(14)8-4-6-12/h11-13H,3,5-7,9-10H2,1-2H3. The lowest BCUT2D eigenvalue weighted by Crippen LogP contribution is -2.07. The predicted octanol–water partition coefficient (Wildman–Crippen LogP) is 3.95. The monoisotopic (exact) mass is 196 g/mol. The fourth-order valence-electron chi connectivity index (χ4n) is 1.89. The van der Waals surface area contributed by atoms with Crippen molar-refractivity contribution in [2.45, 2.75) is 58.5 Å². The third kappa shape index (κ3) is 4.65. The molecule has 0 saturated heterocycles. The molecule has 0 saturated carbocycles. The number of hydrogen-bond acceptors (Lipinski definition) is 0. The fraction of sp³-hybridized carbons (Fsp3) is 0.846. The van der Waals surface area contributed by atoms with Gasteiger partial charge in [-0.3, -0.25) is 0 Å². The minimum atomic E-state index is -0.860. The van der Waals surface area contributed by atoms with Crippen molar-refractivity contribution in [3.63, 3.8) is 0 Å². The molecule has 2 unspecified atom stereocenters. The maximum absolute atomic E-state index is 12.9. The molecule has 0 nitrogen and oxygen atoms in total. The van der Waals surface area contributed by atoms with Crippen molar-refractivity contribution in [3.8, 4) is 11.8 Å². The molecule has 2 atom stereocenters. The van der Waals surface area contributed by atoms with Gasteiger partial charge in [0.25, 0.3) is 0 Å². The molecule has 0 N–H and O–H groups in total. The first-order valence-electron chi connectivity index (χ1n) is 5.81. The van der Waals surface area contributed by atoms with E-state index in [1.165, 1.54) is 19.3 Å². The van der Waals surface area contributed by atoms with E-state index < -0.39 is 6.17 Å². The first-order chi connectivity index (χ1) is 6.68. The summed E-state index contributed by atoms with van der Waals surface area (Å²) in [5.41, 5.74) is 0. The van der Waals surface area contributed by atoms with Gasteiger partial charge in [0.15, 0.2) is 6.17 Å². The lowest BCUT2D eigenvalue weighted by molar-refractivity contribution is 0.337. The normalized spacial score (nSPS) is 27.7. The summed E-state index contributed by atoms with van der Waals surface area (Å²) >= 11 is 0. The average Bonchev–Trinajstić information content (AvgIpc) is 2.08. The van der Waals surface area contributed by atoms with Gasteiger partial charge in [-0.15, -0.1) is 0 Å². The van der Waals surface area contributed by atoms with Crippen LogP contribution >= 0.6 is 0 Å². The van der Waals surface area contributed by atoms with Gasteiger partial charge >= 0.3 is 0 Å². The van der Waals surface area contributed by atoms with E-state index in [4.69, 9.17) is 0 Å². The smallest absolute Gasteiger partial charge is 0.160 e. The van der Waals surface area contributed by atoms with Crippen molar-refractivity contribution in [2.24, 2.45) is 11.8 Å². The molecule has 0 aromatic heterocycles. The zero-order valence-corrected chi connectivity index (χ0v) is 9.35. The Labute approximate surface area is 87.3 Å². The molecular weight excluding hydrogens is 175 g/mol. The Kier molecular flexibility index (Phi) is 5.01. The van der Waals surface area contributed by atoms with Crippen molar-refractivity contribution in [2.75, 3.05) is 0 Å². The van der Waals surface area contributed by atoms with Gasteiger partial charge in [0.05, 0.1) is 0 Å². The maximum atomic E-state index is 12.9. The Morgan fingerprint density at radius 2 is 2.14 bits per heavy atom. The van der Waals surface area contributed by atoms with E-state index in [1.807, 2.05) is 0 Å². The molecule has 0 aliphatic heterocycles. The number of alkyl halides is 1. The number of rotatable bonds is 3. The molecule has 1 aliphatic carbocycles. The third-order valence-electron chi connectivity index (χ3n) is 2.87. The minimum absolute atomic E-state index is 0.644. The molecule has 0 aromatic rings. The molecule has 1 rings (SSSR count). The van der Waals surface area contributed by atoms with Crippen LogP contribution in [0.15, 0.2) is 0 Å². The first kappa shape index (κ1) is 11.6. The molecular formula is C13H21F. The zero-order valence-electron chi connectivity index (χ0n) is 9.35.